The summed E-state index contributed by atoms with van der Waals surface area (Å²) in [6.45, 7) is 6.01. The average molecular weight is 285 g/mol. The van der Waals surface area contributed by atoms with Gasteiger partial charge in [0.1, 0.15) is 5.69 Å². The molecule has 1 aliphatic rings. The van der Waals surface area contributed by atoms with E-state index in [-0.39, 0.29) is 5.91 Å². The minimum absolute atomic E-state index is 0.172. The maximum absolute atomic E-state index is 12.3. The number of carbonyl (C=O) groups excluding carboxylic acids is 1. The van der Waals surface area contributed by atoms with E-state index < -0.39 is 0 Å². The molecule has 0 N–H and O–H groups in total. The summed E-state index contributed by atoms with van der Waals surface area (Å²) in [6.07, 6.45) is 2.06. The predicted molar refractivity (Wildman–Crippen MR) is 67.5 cm³/mol. The minimum atomic E-state index is 0.172. The van der Waals surface area contributed by atoms with Gasteiger partial charge in [0.15, 0.2) is 0 Å². The highest BCUT2D eigenvalue weighted by molar-refractivity contribution is 9.10. The summed E-state index contributed by atoms with van der Waals surface area (Å²) in [4.78, 5) is 14.3. The van der Waals surface area contributed by atoms with Crippen molar-refractivity contribution in [2.45, 2.75) is 39.3 Å². The van der Waals surface area contributed by atoms with Crippen molar-refractivity contribution < 1.29 is 4.79 Å². The molecular formula is C12H17BrN2O. The Kier molecular flexibility index (Phi) is 3.38. The first kappa shape index (κ1) is 11.7. The lowest BCUT2D eigenvalue weighted by Crippen LogP contribution is -2.45. The van der Waals surface area contributed by atoms with Crippen molar-refractivity contribution >= 4 is 21.8 Å². The Labute approximate surface area is 105 Å². The van der Waals surface area contributed by atoms with Gasteiger partial charge in [-0.2, -0.15) is 0 Å². The lowest BCUT2D eigenvalue weighted by molar-refractivity contribution is 0.0606. The van der Waals surface area contributed by atoms with Crippen LogP contribution in [-0.4, -0.2) is 28.0 Å². The monoisotopic (exact) mass is 284 g/mol. The zero-order chi connectivity index (χ0) is 11.7. The maximum Gasteiger partial charge on any atom is 0.270 e. The van der Waals surface area contributed by atoms with Crippen molar-refractivity contribution in [2.75, 3.05) is 6.54 Å². The molecule has 16 heavy (non-hydrogen) atoms. The van der Waals surface area contributed by atoms with E-state index in [1.807, 2.05) is 21.6 Å². The number of nitrogens with zero attached hydrogens (tertiary/aromatic N) is 2. The molecule has 0 saturated heterocycles. The zero-order valence-corrected chi connectivity index (χ0v) is 11.3. The standard InChI is InChI=1S/C12H17BrN2O/c1-3-9(4-2)14-7-8-15-10(12(14)16)5-6-11(15)13/h5-6,9H,3-4,7-8H2,1-2H3. The molecule has 4 heteroatoms. The van der Waals surface area contributed by atoms with Crippen molar-refractivity contribution in [1.82, 2.24) is 9.47 Å². The Morgan fingerprint density at radius 3 is 2.62 bits per heavy atom. The average Bonchev–Trinajstić information content (AvgIpc) is 2.66. The number of aromatic nitrogens is 1. The number of rotatable bonds is 3. The predicted octanol–water partition coefficient (Wildman–Crippen LogP) is 2.90. The number of amides is 1. The van der Waals surface area contributed by atoms with Crippen LogP contribution in [0.25, 0.3) is 0 Å². The second-order valence-electron chi connectivity index (χ2n) is 4.16. The lowest BCUT2D eigenvalue weighted by Gasteiger charge is -2.34. The third-order valence-corrected chi connectivity index (χ3v) is 4.05. The highest BCUT2D eigenvalue weighted by atomic mass is 79.9. The lowest BCUT2D eigenvalue weighted by atomic mass is 10.1. The fraction of sp³-hybridized carbons (Fsp3) is 0.583. The molecule has 2 rings (SSSR count). The molecule has 2 heterocycles. The van der Waals surface area contributed by atoms with E-state index in [0.717, 1.165) is 36.2 Å². The largest absolute Gasteiger partial charge is 0.333 e. The first-order valence-electron chi connectivity index (χ1n) is 5.85. The summed E-state index contributed by atoms with van der Waals surface area (Å²) in [5, 5.41) is 0. The first-order chi connectivity index (χ1) is 7.69. The molecule has 3 nitrogen and oxygen atoms in total. The molecule has 88 valence electrons. The normalized spacial score (nSPS) is 15.8. The molecule has 0 aliphatic carbocycles. The van der Waals surface area contributed by atoms with E-state index >= 15 is 0 Å². The van der Waals surface area contributed by atoms with E-state index in [1.54, 1.807) is 0 Å². The van der Waals surface area contributed by atoms with Gasteiger partial charge in [-0.05, 0) is 40.9 Å². The van der Waals surface area contributed by atoms with Gasteiger partial charge in [0.25, 0.3) is 5.91 Å². The van der Waals surface area contributed by atoms with Gasteiger partial charge in [0.2, 0.25) is 0 Å². The van der Waals surface area contributed by atoms with Crippen LogP contribution in [0, 0.1) is 0 Å². The van der Waals surface area contributed by atoms with Crippen LogP contribution >= 0.6 is 15.9 Å². The van der Waals surface area contributed by atoms with Gasteiger partial charge in [-0.1, -0.05) is 13.8 Å². The van der Waals surface area contributed by atoms with Crippen LogP contribution in [0.2, 0.25) is 0 Å². The van der Waals surface area contributed by atoms with Crippen molar-refractivity contribution in [3.8, 4) is 0 Å². The second kappa shape index (κ2) is 4.62. The summed E-state index contributed by atoms with van der Waals surface area (Å²) in [7, 11) is 0. The molecule has 1 aliphatic heterocycles. The molecule has 0 spiro atoms. The molecule has 0 radical (unpaired) electrons. The number of hydrogen-bond donors (Lipinski definition) is 0. The summed E-state index contributed by atoms with van der Waals surface area (Å²) in [6, 6.07) is 4.24. The molecule has 0 unspecified atom stereocenters. The minimum Gasteiger partial charge on any atom is -0.333 e. The van der Waals surface area contributed by atoms with Crippen LogP contribution in [0.4, 0.5) is 0 Å². The summed E-state index contributed by atoms with van der Waals surface area (Å²) >= 11 is 3.46. The number of halogens is 1. The topological polar surface area (TPSA) is 25.2 Å². The van der Waals surface area contributed by atoms with Gasteiger partial charge in [0.05, 0.1) is 4.60 Å². The number of fused-ring (bicyclic) bond motifs is 1. The van der Waals surface area contributed by atoms with Gasteiger partial charge in [-0.25, -0.2) is 0 Å². The molecular weight excluding hydrogens is 268 g/mol. The van der Waals surface area contributed by atoms with Crippen LogP contribution in [0.15, 0.2) is 16.7 Å². The Morgan fingerprint density at radius 1 is 1.31 bits per heavy atom. The molecule has 0 fully saturated rings. The smallest absolute Gasteiger partial charge is 0.270 e. The fourth-order valence-electron chi connectivity index (χ4n) is 2.39. The molecule has 1 aromatic rings. The van der Waals surface area contributed by atoms with Crippen molar-refractivity contribution in [3.63, 3.8) is 0 Å². The van der Waals surface area contributed by atoms with Crippen LogP contribution < -0.4 is 0 Å². The molecule has 1 aromatic heterocycles. The number of hydrogen-bond acceptors (Lipinski definition) is 1. The van der Waals surface area contributed by atoms with Crippen molar-refractivity contribution in [1.29, 1.82) is 0 Å². The summed E-state index contributed by atoms with van der Waals surface area (Å²) in [5.41, 5.74) is 0.810. The SMILES string of the molecule is CCC(CC)N1CCn2c(Br)ccc2C1=O. The molecule has 0 aromatic carbocycles. The second-order valence-corrected chi connectivity index (χ2v) is 4.97. The van der Waals surface area contributed by atoms with Crippen LogP contribution in [0.5, 0.6) is 0 Å². The maximum atomic E-state index is 12.3. The molecule has 0 atom stereocenters. The van der Waals surface area contributed by atoms with E-state index in [4.69, 9.17) is 0 Å². The first-order valence-corrected chi connectivity index (χ1v) is 6.64. The summed E-state index contributed by atoms with van der Waals surface area (Å²) < 4.78 is 3.04. The van der Waals surface area contributed by atoms with E-state index in [1.165, 1.54) is 0 Å². The van der Waals surface area contributed by atoms with E-state index in [2.05, 4.69) is 29.8 Å². The molecule has 1 amide bonds. The Hall–Kier alpha value is -0.770. The molecule has 0 bridgehead atoms. The Morgan fingerprint density at radius 2 is 2.00 bits per heavy atom. The van der Waals surface area contributed by atoms with Crippen LogP contribution in [-0.2, 0) is 6.54 Å². The Balaban J connectivity index is 2.27. The van der Waals surface area contributed by atoms with Gasteiger partial charge in [-0.15, -0.1) is 0 Å². The van der Waals surface area contributed by atoms with Gasteiger partial charge >= 0.3 is 0 Å². The van der Waals surface area contributed by atoms with Crippen LogP contribution in [0.3, 0.4) is 0 Å². The van der Waals surface area contributed by atoms with E-state index in [9.17, 15) is 4.79 Å². The highest BCUT2D eigenvalue weighted by Gasteiger charge is 2.29. The van der Waals surface area contributed by atoms with Crippen molar-refractivity contribution in [2.24, 2.45) is 0 Å². The number of carbonyl (C=O) groups is 1. The Bertz CT molecular complexity index is 396. The van der Waals surface area contributed by atoms with E-state index in [0.29, 0.717) is 6.04 Å². The fourth-order valence-corrected chi connectivity index (χ4v) is 2.89. The highest BCUT2D eigenvalue weighted by Crippen LogP contribution is 2.23. The van der Waals surface area contributed by atoms with Crippen molar-refractivity contribution in [3.05, 3.63) is 22.4 Å². The zero-order valence-electron chi connectivity index (χ0n) is 9.74. The quantitative estimate of drug-likeness (QED) is 0.838. The van der Waals surface area contributed by atoms with Gasteiger partial charge in [0, 0.05) is 19.1 Å². The van der Waals surface area contributed by atoms with Crippen LogP contribution in [0.1, 0.15) is 37.2 Å². The summed E-state index contributed by atoms with van der Waals surface area (Å²) in [5.74, 6) is 0.172. The third kappa shape index (κ3) is 1.79. The van der Waals surface area contributed by atoms with Gasteiger partial charge in [-0.3, -0.25) is 4.79 Å². The van der Waals surface area contributed by atoms with Gasteiger partial charge < -0.3 is 9.47 Å². The molecule has 0 saturated carbocycles. The third-order valence-electron chi connectivity index (χ3n) is 3.36.